The summed E-state index contributed by atoms with van der Waals surface area (Å²) in [6.07, 6.45) is 0. The van der Waals surface area contributed by atoms with Crippen molar-refractivity contribution >= 4 is 23.2 Å². The number of hydrogen-bond donors (Lipinski definition) is 1. The van der Waals surface area contributed by atoms with E-state index in [1.165, 1.54) is 0 Å². The second kappa shape index (κ2) is 5.23. The van der Waals surface area contributed by atoms with Crippen LogP contribution in [0.3, 0.4) is 0 Å². The molecule has 2 rings (SSSR count). The largest absolute Gasteiger partial charge is 0.322 e. The van der Waals surface area contributed by atoms with E-state index in [1.807, 2.05) is 26.0 Å². The van der Waals surface area contributed by atoms with Crippen molar-refractivity contribution in [1.29, 1.82) is 0 Å². The Labute approximate surface area is 112 Å². The van der Waals surface area contributed by atoms with E-state index >= 15 is 0 Å². The van der Waals surface area contributed by atoms with Crippen LogP contribution in [0.15, 0.2) is 42.5 Å². The molecule has 18 heavy (non-hydrogen) atoms. The highest BCUT2D eigenvalue weighted by atomic mass is 35.5. The van der Waals surface area contributed by atoms with Gasteiger partial charge in [-0.2, -0.15) is 0 Å². The van der Waals surface area contributed by atoms with E-state index in [9.17, 15) is 4.79 Å². The van der Waals surface area contributed by atoms with Crippen LogP contribution in [0.5, 0.6) is 0 Å². The summed E-state index contributed by atoms with van der Waals surface area (Å²) in [5.41, 5.74) is 3.60. The summed E-state index contributed by atoms with van der Waals surface area (Å²) in [5.74, 6) is -0.150. The second-order valence-corrected chi connectivity index (χ2v) is 4.78. The summed E-state index contributed by atoms with van der Waals surface area (Å²) >= 11 is 5.86. The van der Waals surface area contributed by atoms with Gasteiger partial charge in [0.15, 0.2) is 0 Å². The molecule has 1 amide bonds. The second-order valence-electron chi connectivity index (χ2n) is 4.34. The van der Waals surface area contributed by atoms with Gasteiger partial charge in [-0.05, 0) is 55.3 Å². The van der Waals surface area contributed by atoms with Crippen molar-refractivity contribution in [3.05, 3.63) is 64.2 Å². The number of aryl methyl sites for hydroxylation is 2. The summed E-state index contributed by atoms with van der Waals surface area (Å²) in [5, 5.41) is 3.43. The smallest absolute Gasteiger partial charge is 0.255 e. The number of hydrogen-bond acceptors (Lipinski definition) is 1. The first-order chi connectivity index (χ1) is 8.54. The lowest BCUT2D eigenvalue weighted by atomic mass is 10.1. The zero-order valence-electron chi connectivity index (χ0n) is 10.3. The molecule has 2 aromatic rings. The Kier molecular flexibility index (Phi) is 3.68. The van der Waals surface area contributed by atoms with E-state index in [0.717, 1.165) is 16.8 Å². The fourth-order valence-electron chi connectivity index (χ4n) is 1.88. The predicted octanol–water partition coefficient (Wildman–Crippen LogP) is 4.21. The summed E-state index contributed by atoms with van der Waals surface area (Å²) in [6, 6.07) is 12.8. The molecule has 0 bridgehead atoms. The van der Waals surface area contributed by atoms with Crippen LogP contribution in [0, 0.1) is 13.8 Å². The van der Waals surface area contributed by atoms with Crippen LogP contribution in [0.1, 0.15) is 21.5 Å². The van der Waals surface area contributed by atoms with Gasteiger partial charge in [0.1, 0.15) is 0 Å². The third-order valence-corrected chi connectivity index (χ3v) is 2.80. The van der Waals surface area contributed by atoms with Crippen molar-refractivity contribution in [2.24, 2.45) is 0 Å². The molecule has 0 aliphatic carbocycles. The van der Waals surface area contributed by atoms with Gasteiger partial charge in [0.2, 0.25) is 0 Å². The van der Waals surface area contributed by atoms with Crippen LogP contribution in [-0.4, -0.2) is 5.91 Å². The first kappa shape index (κ1) is 12.7. The fraction of sp³-hybridized carbons (Fsp3) is 0.133. The fourth-order valence-corrected chi connectivity index (χ4v) is 2.07. The van der Waals surface area contributed by atoms with Gasteiger partial charge in [0.05, 0.1) is 0 Å². The van der Waals surface area contributed by atoms with E-state index in [-0.39, 0.29) is 5.91 Å². The molecule has 0 aliphatic heterocycles. The summed E-state index contributed by atoms with van der Waals surface area (Å²) in [4.78, 5) is 12.0. The van der Waals surface area contributed by atoms with E-state index in [0.29, 0.717) is 10.6 Å². The van der Waals surface area contributed by atoms with Crippen molar-refractivity contribution < 1.29 is 4.79 Å². The monoisotopic (exact) mass is 259 g/mol. The average molecular weight is 260 g/mol. The topological polar surface area (TPSA) is 29.1 Å². The Morgan fingerprint density at radius 1 is 1.06 bits per heavy atom. The first-order valence-corrected chi connectivity index (χ1v) is 6.07. The molecule has 0 saturated heterocycles. The lowest BCUT2D eigenvalue weighted by Gasteiger charge is -2.07. The summed E-state index contributed by atoms with van der Waals surface area (Å²) in [6.45, 7) is 4.00. The van der Waals surface area contributed by atoms with Crippen molar-refractivity contribution in [1.82, 2.24) is 0 Å². The minimum atomic E-state index is -0.150. The summed E-state index contributed by atoms with van der Waals surface area (Å²) < 4.78 is 0. The number of amides is 1. The van der Waals surface area contributed by atoms with Crippen LogP contribution >= 0.6 is 11.6 Å². The highest BCUT2D eigenvalue weighted by molar-refractivity contribution is 6.31. The van der Waals surface area contributed by atoms with E-state index in [1.54, 1.807) is 24.3 Å². The van der Waals surface area contributed by atoms with E-state index in [4.69, 9.17) is 11.6 Å². The Bertz CT molecular complexity index is 573. The molecule has 0 unspecified atom stereocenters. The molecular weight excluding hydrogens is 246 g/mol. The highest BCUT2D eigenvalue weighted by Crippen LogP contribution is 2.16. The minimum absolute atomic E-state index is 0.150. The zero-order valence-corrected chi connectivity index (χ0v) is 11.1. The number of anilines is 1. The van der Waals surface area contributed by atoms with Crippen molar-refractivity contribution in [2.75, 3.05) is 5.32 Å². The highest BCUT2D eigenvalue weighted by Gasteiger charge is 2.06. The molecule has 0 radical (unpaired) electrons. The third-order valence-electron chi connectivity index (χ3n) is 2.57. The van der Waals surface area contributed by atoms with Crippen LogP contribution in [0.2, 0.25) is 5.02 Å². The van der Waals surface area contributed by atoms with Crippen LogP contribution in [0.25, 0.3) is 0 Å². The van der Waals surface area contributed by atoms with Crippen LogP contribution in [0.4, 0.5) is 5.69 Å². The van der Waals surface area contributed by atoms with E-state index in [2.05, 4.69) is 11.4 Å². The molecule has 0 aromatic heterocycles. The lowest BCUT2D eigenvalue weighted by Crippen LogP contribution is -2.11. The number of carbonyl (C=O) groups is 1. The maximum atomic E-state index is 12.0. The Morgan fingerprint density at radius 3 is 2.33 bits per heavy atom. The molecule has 1 N–H and O–H groups in total. The average Bonchev–Trinajstić information content (AvgIpc) is 2.27. The normalized spacial score (nSPS) is 10.2. The van der Waals surface area contributed by atoms with Gasteiger partial charge >= 0.3 is 0 Å². The molecular formula is C15H14ClNO. The SMILES string of the molecule is Cc1cc(C)cc(NC(=O)c2cccc(Cl)c2)c1. The molecule has 0 atom stereocenters. The molecule has 0 heterocycles. The Balaban J connectivity index is 2.21. The summed E-state index contributed by atoms with van der Waals surface area (Å²) in [7, 11) is 0. The number of nitrogens with one attached hydrogen (secondary N) is 1. The number of carbonyl (C=O) groups excluding carboxylic acids is 1. The molecule has 3 heteroatoms. The van der Waals surface area contributed by atoms with Crippen LogP contribution < -0.4 is 5.32 Å². The van der Waals surface area contributed by atoms with Crippen molar-refractivity contribution in [3.63, 3.8) is 0 Å². The lowest BCUT2D eigenvalue weighted by molar-refractivity contribution is 0.102. The molecule has 0 aliphatic rings. The Hall–Kier alpha value is -1.80. The minimum Gasteiger partial charge on any atom is -0.322 e. The zero-order chi connectivity index (χ0) is 13.1. The first-order valence-electron chi connectivity index (χ1n) is 5.70. The number of rotatable bonds is 2. The molecule has 0 saturated carbocycles. The van der Waals surface area contributed by atoms with Gasteiger partial charge in [0.25, 0.3) is 5.91 Å². The quantitative estimate of drug-likeness (QED) is 0.860. The third kappa shape index (κ3) is 3.11. The standard InChI is InChI=1S/C15H14ClNO/c1-10-6-11(2)8-14(7-10)17-15(18)12-4-3-5-13(16)9-12/h3-9H,1-2H3,(H,17,18). The van der Waals surface area contributed by atoms with Crippen molar-refractivity contribution in [3.8, 4) is 0 Å². The maximum absolute atomic E-state index is 12.0. The van der Waals surface area contributed by atoms with Crippen LogP contribution in [-0.2, 0) is 0 Å². The van der Waals surface area contributed by atoms with Crippen molar-refractivity contribution in [2.45, 2.75) is 13.8 Å². The maximum Gasteiger partial charge on any atom is 0.255 e. The Morgan fingerprint density at radius 2 is 1.72 bits per heavy atom. The molecule has 2 aromatic carbocycles. The van der Waals surface area contributed by atoms with Gasteiger partial charge in [-0.3, -0.25) is 4.79 Å². The predicted molar refractivity (Wildman–Crippen MR) is 75.3 cm³/mol. The number of halogens is 1. The molecule has 0 spiro atoms. The van der Waals surface area contributed by atoms with E-state index < -0.39 is 0 Å². The molecule has 92 valence electrons. The molecule has 2 nitrogen and oxygen atoms in total. The van der Waals surface area contributed by atoms with Gasteiger partial charge in [-0.1, -0.05) is 23.7 Å². The molecule has 0 fully saturated rings. The van der Waals surface area contributed by atoms with Gasteiger partial charge in [-0.15, -0.1) is 0 Å². The van der Waals surface area contributed by atoms with Gasteiger partial charge in [0, 0.05) is 16.3 Å². The van der Waals surface area contributed by atoms with Gasteiger partial charge < -0.3 is 5.32 Å². The number of benzene rings is 2. The van der Waals surface area contributed by atoms with Gasteiger partial charge in [-0.25, -0.2) is 0 Å².